The first-order valence-electron chi connectivity index (χ1n) is 3.99. The molecule has 2 rings (SSSR count). The zero-order chi connectivity index (χ0) is 7.90. The number of allylic oxidation sites excluding steroid dienone is 1. The van der Waals surface area contributed by atoms with Gasteiger partial charge >= 0.3 is 0 Å². The van der Waals surface area contributed by atoms with Crippen molar-refractivity contribution in [3.8, 4) is 0 Å². The van der Waals surface area contributed by atoms with Gasteiger partial charge in [0.1, 0.15) is 0 Å². The molecule has 0 fully saturated rings. The number of benzene rings is 1. The predicted octanol–water partition coefficient (Wildman–Crippen LogP) is 2.26. The molecule has 0 N–H and O–H groups in total. The summed E-state index contributed by atoms with van der Waals surface area (Å²) in [6, 6.07) is 7.54. The van der Waals surface area contributed by atoms with Gasteiger partial charge in [0.15, 0.2) is 0 Å². The molecule has 1 aliphatic rings. The molecular formula is C9H8. The van der Waals surface area contributed by atoms with E-state index in [1.807, 2.05) is 30.3 Å². The Kier molecular flexibility index (Phi) is 0.616. The molecule has 0 heteroatoms. The first-order chi connectivity index (χ1) is 5.20. The smallest absolute Gasteiger partial charge is 0.0360 e. The second kappa shape index (κ2) is 1.73. The van der Waals surface area contributed by atoms with Crippen molar-refractivity contribution in [3.63, 3.8) is 0 Å². The topological polar surface area (TPSA) is 0 Å². The molecule has 0 saturated carbocycles. The van der Waals surface area contributed by atoms with Gasteiger partial charge in [-0.15, -0.1) is 0 Å². The summed E-state index contributed by atoms with van der Waals surface area (Å²) < 4.78 is 15.1. The minimum Gasteiger partial charge on any atom is -0.0795 e. The molecule has 1 aromatic carbocycles. The fourth-order valence-electron chi connectivity index (χ4n) is 0.995. The Morgan fingerprint density at radius 3 is 3.11 bits per heavy atom. The van der Waals surface area contributed by atoms with Crippen LogP contribution in [-0.4, -0.2) is 0 Å². The van der Waals surface area contributed by atoms with Crippen LogP contribution < -0.4 is 0 Å². The highest BCUT2D eigenvalue weighted by molar-refractivity contribution is 5.59. The van der Waals surface area contributed by atoms with E-state index in [1.54, 1.807) is 6.08 Å². The molecule has 1 aromatic rings. The Hall–Kier alpha value is -1.04. The first kappa shape index (κ1) is 3.21. The first-order valence-corrected chi connectivity index (χ1v) is 2.99. The van der Waals surface area contributed by atoms with E-state index in [9.17, 15) is 0 Å². The van der Waals surface area contributed by atoms with Crippen LogP contribution in [0.5, 0.6) is 0 Å². The van der Waals surface area contributed by atoms with Gasteiger partial charge < -0.3 is 0 Å². The maximum absolute atomic E-state index is 7.55. The second-order valence-electron chi connectivity index (χ2n) is 2.06. The summed E-state index contributed by atoms with van der Waals surface area (Å²) in [6.07, 6.45) is 2.17. The molecule has 0 heterocycles. The summed E-state index contributed by atoms with van der Waals surface area (Å²) in [5, 5.41) is 0. The summed E-state index contributed by atoms with van der Waals surface area (Å²) in [5.74, 6) is 0. The van der Waals surface area contributed by atoms with Crippen LogP contribution in [0, 0.1) is 0 Å². The highest BCUT2D eigenvalue weighted by Crippen LogP contribution is 2.17. The monoisotopic (exact) mass is 118 g/mol. The molecular weight excluding hydrogens is 108 g/mol. The van der Waals surface area contributed by atoms with Crippen LogP contribution in [0.3, 0.4) is 0 Å². The lowest BCUT2D eigenvalue weighted by molar-refractivity contribution is 1.31. The minimum atomic E-state index is -1.25. The SMILES string of the molecule is [2H]C1([2H])C=Cc2ccccc21. The van der Waals surface area contributed by atoms with E-state index in [1.165, 1.54) is 0 Å². The van der Waals surface area contributed by atoms with Gasteiger partial charge in [-0.25, -0.2) is 0 Å². The van der Waals surface area contributed by atoms with Gasteiger partial charge in [-0.3, -0.25) is 0 Å². The third kappa shape index (κ3) is 0.672. The van der Waals surface area contributed by atoms with Crippen LogP contribution in [0.4, 0.5) is 0 Å². The molecule has 0 nitrogen and oxygen atoms in total. The molecule has 0 aromatic heterocycles. The van der Waals surface area contributed by atoms with E-state index >= 15 is 0 Å². The van der Waals surface area contributed by atoms with Crippen molar-refractivity contribution in [2.45, 2.75) is 6.37 Å². The van der Waals surface area contributed by atoms with Crippen LogP contribution in [0.2, 0.25) is 0 Å². The molecule has 0 spiro atoms. The molecule has 0 unspecified atom stereocenters. The van der Waals surface area contributed by atoms with Crippen molar-refractivity contribution < 1.29 is 2.74 Å². The van der Waals surface area contributed by atoms with Crippen LogP contribution in [0.1, 0.15) is 13.9 Å². The van der Waals surface area contributed by atoms with E-state index in [2.05, 4.69) is 0 Å². The highest BCUT2D eigenvalue weighted by atomic mass is 14.0. The molecule has 9 heavy (non-hydrogen) atoms. The van der Waals surface area contributed by atoms with E-state index in [0.29, 0.717) is 0 Å². The molecule has 0 saturated heterocycles. The molecule has 0 bridgehead atoms. The Morgan fingerprint density at radius 1 is 1.33 bits per heavy atom. The zero-order valence-electron chi connectivity index (χ0n) is 6.96. The van der Waals surface area contributed by atoms with Crippen molar-refractivity contribution in [2.75, 3.05) is 0 Å². The van der Waals surface area contributed by atoms with Crippen LogP contribution in [-0.2, 0) is 6.37 Å². The van der Waals surface area contributed by atoms with Crippen LogP contribution >= 0.6 is 0 Å². The number of rotatable bonds is 0. The van der Waals surface area contributed by atoms with Crippen molar-refractivity contribution in [1.82, 2.24) is 0 Å². The average Bonchev–Trinajstić information content (AvgIpc) is 2.29. The molecule has 0 radical (unpaired) electrons. The van der Waals surface area contributed by atoms with E-state index < -0.39 is 6.37 Å². The maximum Gasteiger partial charge on any atom is 0.0360 e. The van der Waals surface area contributed by atoms with Crippen LogP contribution in [0.25, 0.3) is 6.08 Å². The summed E-state index contributed by atoms with van der Waals surface area (Å²) in [7, 11) is 0. The number of hydrogen-bond acceptors (Lipinski definition) is 0. The van der Waals surface area contributed by atoms with Gasteiger partial charge in [0, 0.05) is 2.74 Å². The Bertz CT molecular complexity index is 313. The lowest BCUT2D eigenvalue weighted by atomic mass is 10.1. The van der Waals surface area contributed by atoms with E-state index in [-0.39, 0.29) is 0 Å². The van der Waals surface area contributed by atoms with Crippen molar-refractivity contribution in [1.29, 1.82) is 0 Å². The summed E-state index contributed by atoms with van der Waals surface area (Å²) in [4.78, 5) is 0. The van der Waals surface area contributed by atoms with E-state index in [0.717, 1.165) is 11.1 Å². The highest BCUT2D eigenvalue weighted by Gasteiger charge is 2.00. The van der Waals surface area contributed by atoms with Crippen molar-refractivity contribution >= 4 is 6.08 Å². The minimum absolute atomic E-state index is 0.778. The Balaban J connectivity index is 2.64. The molecule has 0 aliphatic heterocycles. The largest absolute Gasteiger partial charge is 0.0795 e. The summed E-state index contributed by atoms with van der Waals surface area (Å²) >= 11 is 0. The molecule has 0 atom stereocenters. The van der Waals surface area contributed by atoms with Gasteiger partial charge in [-0.2, -0.15) is 0 Å². The normalized spacial score (nSPS) is 22.7. The maximum atomic E-state index is 7.55. The fraction of sp³-hybridized carbons (Fsp3) is 0.111. The van der Waals surface area contributed by atoms with Crippen LogP contribution in [0.15, 0.2) is 30.3 Å². The average molecular weight is 118 g/mol. The van der Waals surface area contributed by atoms with Gasteiger partial charge in [0.05, 0.1) is 0 Å². The predicted molar refractivity (Wildman–Crippen MR) is 39.2 cm³/mol. The quantitative estimate of drug-likeness (QED) is 0.490. The lowest BCUT2D eigenvalue weighted by Crippen LogP contribution is -1.76. The molecule has 44 valence electrons. The third-order valence-electron chi connectivity index (χ3n) is 1.46. The Labute approximate surface area is 57.6 Å². The fourth-order valence-corrected chi connectivity index (χ4v) is 0.995. The van der Waals surface area contributed by atoms with E-state index in [4.69, 9.17) is 2.74 Å². The molecule has 1 aliphatic carbocycles. The summed E-state index contributed by atoms with van der Waals surface area (Å²) in [6.45, 7) is 0. The second-order valence-corrected chi connectivity index (χ2v) is 2.06. The van der Waals surface area contributed by atoms with Crippen molar-refractivity contribution in [2.24, 2.45) is 0 Å². The summed E-state index contributed by atoms with van der Waals surface area (Å²) in [5.41, 5.74) is 1.78. The van der Waals surface area contributed by atoms with Crippen molar-refractivity contribution in [3.05, 3.63) is 41.5 Å². The lowest BCUT2D eigenvalue weighted by Gasteiger charge is -1.93. The third-order valence-corrected chi connectivity index (χ3v) is 1.46. The number of hydrogen-bond donors (Lipinski definition) is 0. The van der Waals surface area contributed by atoms with Gasteiger partial charge in [-0.05, 0) is 17.5 Å². The van der Waals surface area contributed by atoms with Gasteiger partial charge in [-0.1, -0.05) is 36.4 Å². The molecule has 0 amide bonds. The number of fused-ring (bicyclic) bond motifs is 1. The van der Waals surface area contributed by atoms with Gasteiger partial charge in [0.2, 0.25) is 0 Å². The Morgan fingerprint density at radius 2 is 2.22 bits per heavy atom. The van der Waals surface area contributed by atoms with Gasteiger partial charge in [0.25, 0.3) is 0 Å². The zero-order valence-corrected chi connectivity index (χ0v) is 4.96. The standard InChI is InChI=1S/C9H8/c1-2-5-9-7-3-6-8(9)4-1/h1-6H,7H2/i7D2.